The number of nitrogens with zero attached hydrogens (tertiary/aromatic N) is 3. The quantitative estimate of drug-likeness (QED) is 0.146. The van der Waals surface area contributed by atoms with E-state index < -0.39 is 14.9 Å². The lowest BCUT2D eigenvalue weighted by Gasteiger charge is -2.19. The molecule has 0 spiro atoms. The largest absolute Gasteiger partial charge is 0.370 e. The van der Waals surface area contributed by atoms with E-state index in [4.69, 9.17) is 5.73 Å². The van der Waals surface area contributed by atoms with Gasteiger partial charge in [0, 0.05) is 31.8 Å². The Labute approximate surface area is 158 Å². The number of nitrogens with two attached hydrogens (primary N) is 1. The van der Waals surface area contributed by atoms with Crippen LogP contribution in [0.15, 0.2) is 34.2 Å². The molecule has 0 unspecified atom stereocenters. The van der Waals surface area contributed by atoms with Crippen molar-refractivity contribution in [1.29, 1.82) is 0 Å². The Balaban J connectivity index is 0.00000529. The monoisotopic (exact) mass is 471 g/mol. The number of benzene rings is 1. The predicted octanol–water partition coefficient (Wildman–Crippen LogP) is 1.15. The Morgan fingerprint density at radius 1 is 1.38 bits per heavy atom. The zero-order valence-electron chi connectivity index (χ0n) is 13.5. The van der Waals surface area contributed by atoms with Crippen molar-refractivity contribution >= 4 is 45.6 Å². The molecule has 0 aliphatic heterocycles. The lowest BCUT2D eigenvalue weighted by molar-refractivity contribution is -0.385. The van der Waals surface area contributed by atoms with Crippen molar-refractivity contribution in [3.63, 3.8) is 0 Å². The number of hydrogen-bond donors (Lipinski definition) is 2. The highest BCUT2D eigenvalue weighted by Crippen LogP contribution is 2.16. The number of aliphatic imine (C=N–C) groups is 1. The number of hydrogen-bond acceptors (Lipinski definition) is 5. The third kappa shape index (κ3) is 6.57. The minimum absolute atomic E-state index is 0. The van der Waals surface area contributed by atoms with E-state index in [1.54, 1.807) is 0 Å². The van der Waals surface area contributed by atoms with Gasteiger partial charge in [-0.1, -0.05) is 6.07 Å². The Morgan fingerprint density at radius 2 is 2.00 bits per heavy atom. The molecule has 3 N–H and O–H groups in total. The number of nitrogens with one attached hydrogen (secondary N) is 1. The highest BCUT2D eigenvalue weighted by atomic mass is 127. The van der Waals surface area contributed by atoms with E-state index in [-0.39, 0.29) is 47.6 Å². The highest BCUT2D eigenvalue weighted by molar-refractivity contribution is 14.0. The van der Waals surface area contributed by atoms with E-state index in [0.29, 0.717) is 19.0 Å². The fourth-order valence-electron chi connectivity index (χ4n) is 1.85. The lowest BCUT2D eigenvalue weighted by Crippen LogP contribution is -2.37. The van der Waals surface area contributed by atoms with Crippen LogP contribution in [0.1, 0.15) is 13.8 Å². The third-order valence-corrected chi connectivity index (χ3v) is 4.56. The molecule has 0 saturated carbocycles. The first-order chi connectivity index (χ1) is 10.8. The van der Waals surface area contributed by atoms with Crippen LogP contribution in [0.2, 0.25) is 0 Å². The summed E-state index contributed by atoms with van der Waals surface area (Å²) in [6, 6.07) is 4.86. The van der Waals surface area contributed by atoms with Crippen LogP contribution in [-0.2, 0) is 10.0 Å². The van der Waals surface area contributed by atoms with Crippen molar-refractivity contribution < 1.29 is 13.3 Å². The smallest absolute Gasteiger partial charge is 0.270 e. The highest BCUT2D eigenvalue weighted by Gasteiger charge is 2.16. The second-order valence-electron chi connectivity index (χ2n) is 4.56. The predicted molar refractivity (Wildman–Crippen MR) is 103 cm³/mol. The number of non-ortho nitro benzene ring substituents is 1. The van der Waals surface area contributed by atoms with E-state index in [2.05, 4.69) is 9.71 Å². The van der Waals surface area contributed by atoms with Crippen LogP contribution < -0.4 is 10.5 Å². The Kier molecular flexibility index (Phi) is 9.77. The molecule has 0 aliphatic rings. The average Bonchev–Trinajstić information content (AvgIpc) is 2.53. The van der Waals surface area contributed by atoms with Gasteiger partial charge in [-0.15, -0.1) is 24.0 Å². The summed E-state index contributed by atoms with van der Waals surface area (Å²) in [7, 11) is -3.82. The van der Waals surface area contributed by atoms with Gasteiger partial charge in [0.25, 0.3) is 5.69 Å². The Morgan fingerprint density at radius 3 is 2.54 bits per heavy atom. The fraction of sp³-hybridized carbons (Fsp3) is 0.462. The van der Waals surface area contributed by atoms with Crippen LogP contribution in [0.25, 0.3) is 0 Å². The molecule has 0 atom stereocenters. The number of guanidine groups is 1. The summed E-state index contributed by atoms with van der Waals surface area (Å²) < 4.78 is 26.5. The van der Waals surface area contributed by atoms with Crippen LogP contribution >= 0.6 is 24.0 Å². The van der Waals surface area contributed by atoms with Gasteiger partial charge in [0.1, 0.15) is 0 Å². The summed E-state index contributed by atoms with van der Waals surface area (Å²) in [5.74, 6) is 0.351. The van der Waals surface area contributed by atoms with Crippen molar-refractivity contribution in [2.24, 2.45) is 10.7 Å². The van der Waals surface area contributed by atoms with Gasteiger partial charge in [-0.2, -0.15) is 0 Å². The van der Waals surface area contributed by atoms with E-state index in [1.165, 1.54) is 18.2 Å². The van der Waals surface area contributed by atoms with Gasteiger partial charge in [0.15, 0.2) is 5.96 Å². The molecule has 0 radical (unpaired) electrons. The molecular weight excluding hydrogens is 449 g/mol. The van der Waals surface area contributed by atoms with Crippen LogP contribution in [0.4, 0.5) is 5.69 Å². The second-order valence-corrected chi connectivity index (χ2v) is 6.33. The number of nitro groups is 1. The summed E-state index contributed by atoms with van der Waals surface area (Å²) in [5, 5.41) is 10.7. The zero-order chi connectivity index (χ0) is 17.5. The summed E-state index contributed by atoms with van der Waals surface area (Å²) in [4.78, 5) is 15.8. The van der Waals surface area contributed by atoms with Crippen molar-refractivity contribution in [1.82, 2.24) is 9.62 Å². The molecule has 0 bridgehead atoms. The van der Waals surface area contributed by atoms with E-state index >= 15 is 0 Å². The SMILES string of the molecule is CCN(CC)C(N)=NCCNS(=O)(=O)c1cccc([N+](=O)[O-])c1.I. The molecule has 136 valence electrons. The number of rotatable bonds is 8. The molecule has 0 saturated heterocycles. The van der Waals surface area contributed by atoms with Crippen LogP contribution in [0.5, 0.6) is 0 Å². The van der Waals surface area contributed by atoms with Gasteiger partial charge >= 0.3 is 0 Å². The van der Waals surface area contributed by atoms with E-state index in [9.17, 15) is 18.5 Å². The van der Waals surface area contributed by atoms with E-state index in [0.717, 1.165) is 6.07 Å². The molecule has 9 nitrogen and oxygen atoms in total. The first-order valence-electron chi connectivity index (χ1n) is 7.10. The van der Waals surface area contributed by atoms with Crippen molar-refractivity contribution in [2.45, 2.75) is 18.7 Å². The molecule has 0 amide bonds. The van der Waals surface area contributed by atoms with E-state index in [1.807, 2.05) is 18.7 Å². The summed E-state index contributed by atoms with van der Waals surface area (Å²) in [6.45, 7) is 5.54. The summed E-state index contributed by atoms with van der Waals surface area (Å²) in [5.41, 5.74) is 5.50. The molecule has 24 heavy (non-hydrogen) atoms. The molecule has 0 fully saturated rings. The number of halogens is 1. The van der Waals surface area contributed by atoms with Gasteiger partial charge in [-0.25, -0.2) is 13.1 Å². The molecular formula is C13H22IN5O4S. The van der Waals surface area contributed by atoms with Crippen molar-refractivity contribution in [3.05, 3.63) is 34.4 Å². The molecule has 0 aromatic heterocycles. The van der Waals surface area contributed by atoms with Gasteiger partial charge in [0.05, 0.1) is 16.4 Å². The number of nitro benzene ring substituents is 1. The maximum atomic E-state index is 12.1. The molecule has 1 aromatic rings. The Bertz CT molecular complexity index is 677. The van der Waals surface area contributed by atoms with Crippen LogP contribution in [0, 0.1) is 10.1 Å². The molecule has 1 rings (SSSR count). The van der Waals surface area contributed by atoms with Gasteiger partial charge < -0.3 is 10.6 Å². The maximum Gasteiger partial charge on any atom is 0.270 e. The van der Waals surface area contributed by atoms with Crippen LogP contribution in [0.3, 0.4) is 0 Å². The fourth-order valence-corrected chi connectivity index (χ4v) is 2.91. The molecule has 11 heteroatoms. The first-order valence-corrected chi connectivity index (χ1v) is 8.59. The maximum absolute atomic E-state index is 12.1. The molecule has 0 aliphatic carbocycles. The average molecular weight is 471 g/mol. The minimum Gasteiger partial charge on any atom is -0.370 e. The summed E-state index contributed by atoms with van der Waals surface area (Å²) in [6.07, 6.45) is 0. The zero-order valence-corrected chi connectivity index (χ0v) is 16.7. The van der Waals surface area contributed by atoms with Crippen molar-refractivity contribution in [3.8, 4) is 0 Å². The standard InChI is InChI=1S/C13H21N5O4S.HI/c1-3-17(4-2)13(14)15-8-9-16-23(21,22)12-7-5-6-11(10-12)18(19)20;/h5-7,10,16H,3-4,8-9H2,1-2H3,(H2,14,15);1H. The van der Waals surface area contributed by atoms with Gasteiger partial charge in [-0.05, 0) is 19.9 Å². The number of sulfonamides is 1. The second kappa shape index (κ2) is 10.4. The molecule has 0 heterocycles. The third-order valence-electron chi connectivity index (χ3n) is 3.10. The summed E-state index contributed by atoms with van der Waals surface area (Å²) >= 11 is 0. The topological polar surface area (TPSA) is 131 Å². The Hall–Kier alpha value is -1.47. The van der Waals surface area contributed by atoms with Gasteiger partial charge in [-0.3, -0.25) is 15.1 Å². The van der Waals surface area contributed by atoms with Crippen LogP contribution in [-0.4, -0.2) is 50.4 Å². The van der Waals surface area contributed by atoms with Crippen molar-refractivity contribution in [2.75, 3.05) is 26.2 Å². The normalized spacial score (nSPS) is 11.7. The lowest BCUT2D eigenvalue weighted by atomic mass is 10.3. The molecule has 1 aromatic carbocycles. The van der Waals surface area contributed by atoms with Gasteiger partial charge in [0.2, 0.25) is 10.0 Å². The first kappa shape index (κ1) is 22.5. The minimum atomic E-state index is -3.82.